The average molecular weight is 610 g/mol. The number of carboxylic acid groups (broad SMARTS) is 1. The minimum absolute atomic E-state index is 0.00997. The molecular weight excluding hydrogens is 571 g/mol. The van der Waals surface area contributed by atoms with Gasteiger partial charge in [0.2, 0.25) is 5.91 Å². The molecule has 11 heteroatoms. The molecule has 4 rings (SSSR count). The van der Waals surface area contributed by atoms with E-state index in [1.165, 1.54) is 4.90 Å². The molecule has 2 aliphatic rings. The smallest absolute Gasteiger partial charge is 0.407 e. The van der Waals surface area contributed by atoms with Crippen molar-refractivity contribution in [3.8, 4) is 5.75 Å². The number of hydrogen-bond donors (Lipinski definition) is 2. The number of carbonyl (C=O) groups excluding carboxylic acids is 1. The molecule has 2 aromatic rings. The molecule has 2 fully saturated rings. The number of aliphatic hydroxyl groups is 1. The van der Waals surface area contributed by atoms with Gasteiger partial charge in [-0.1, -0.05) is 35.3 Å². The first-order valence-corrected chi connectivity index (χ1v) is 14.6. The molecule has 1 saturated heterocycles. The lowest BCUT2D eigenvalue weighted by atomic mass is 9.75. The highest BCUT2D eigenvalue weighted by atomic mass is 35.5. The lowest BCUT2D eigenvalue weighted by Crippen LogP contribution is -2.57. The van der Waals surface area contributed by atoms with Crippen molar-refractivity contribution < 1.29 is 34.0 Å². The van der Waals surface area contributed by atoms with Gasteiger partial charge in [0.25, 0.3) is 0 Å². The van der Waals surface area contributed by atoms with Crippen molar-refractivity contribution in [1.82, 2.24) is 9.80 Å². The number of rotatable bonds is 13. The fraction of sp³-hybridized carbons (Fsp3) is 0.533. The molecule has 2 N–H and O–H groups in total. The maximum Gasteiger partial charge on any atom is 0.407 e. The van der Waals surface area contributed by atoms with Crippen LogP contribution in [0.5, 0.6) is 5.75 Å². The van der Waals surface area contributed by atoms with E-state index in [1.54, 1.807) is 37.3 Å². The van der Waals surface area contributed by atoms with E-state index in [-0.39, 0.29) is 36.5 Å². The maximum absolute atomic E-state index is 14.3. The van der Waals surface area contributed by atoms with Gasteiger partial charge < -0.3 is 34.2 Å². The minimum atomic E-state index is -1.61. The third-order valence-electron chi connectivity index (χ3n) is 7.75. The Bertz CT molecular complexity index is 1200. The van der Waals surface area contributed by atoms with Gasteiger partial charge in [-0.05, 0) is 73.1 Å². The molecule has 0 radical (unpaired) electrons. The fourth-order valence-corrected chi connectivity index (χ4v) is 5.69. The van der Waals surface area contributed by atoms with Crippen LogP contribution in [0.4, 0.5) is 4.79 Å². The molecule has 0 unspecified atom stereocenters. The normalized spacial score (nSPS) is 20.6. The van der Waals surface area contributed by atoms with E-state index < -0.39 is 17.6 Å². The topological polar surface area (TPSA) is 109 Å². The third-order valence-corrected chi connectivity index (χ3v) is 8.49. The summed E-state index contributed by atoms with van der Waals surface area (Å²) in [7, 11) is 3.29. The Morgan fingerprint density at radius 2 is 1.76 bits per heavy atom. The Morgan fingerprint density at radius 1 is 1.02 bits per heavy atom. The standard InChI is InChI=1S/C30H38Cl2N2O7/c1-39-11-3-4-20-14-21(16-24(15-20)41-13-12-40-2)18-34(23-6-7-23)28(35)25-19-33(29(36)37)10-9-30(25,38)22-5-8-26(31)27(32)17-22/h5,8,14-17,23,25,38H,3-4,6-7,9-13,18-19H2,1-2H3,(H,36,37)/t25-,30+/m1/s1. The van der Waals surface area contributed by atoms with Crippen LogP contribution < -0.4 is 4.74 Å². The van der Waals surface area contributed by atoms with Gasteiger partial charge in [-0.3, -0.25) is 4.79 Å². The van der Waals surface area contributed by atoms with Crippen LogP contribution >= 0.6 is 23.2 Å². The molecule has 1 saturated carbocycles. The summed E-state index contributed by atoms with van der Waals surface area (Å²) in [6.07, 6.45) is 2.24. The first kappa shape index (κ1) is 31.4. The summed E-state index contributed by atoms with van der Waals surface area (Å²) in [6.45, 7) is 1.74. The second-order valence-electron chi connectivity index (χ2n) is 10.7. The number of ether oxygens (including phenoxy) is 3. The summed E-state index contributed by atoms with van der Waals surface area (Å²) < 4.78 is 16.3. The molecule has 41 heavy (non-hydrogen) atoms. The van der Waals surface area contributed by atoms with Gasteiger partial charge in [0.05, 0.1) is 22.6 Å². The predicted molar refractivity (Wildman–Crippen MR) is 156 cm³/mol. The Morgan fingerprint density at radius 3 is 2.41 bits per heavy atom. The number of aryl methyl sites for hydroxylation is 1. The summed E-state index contributed by atoms with van der Waals surface area (Å²) in [5, 5.41) is 22.4. The summed E-state index contributed by atoms with van der Waals surface area (Å²) in [4.78, 5) is 29.2. The van der Waals surface area contributed by atoms with Crippen molar-refractivity contribution in [3.05, 3.63) is 63.1 Å². The number of likely N-dealkylation sites (tertiary alicyclic amines) is 1. The van der Waals surface area contributed by atoms with E-state index in [2.05, 4.69) is 6.07 Å². The van der Waals surface area contributed by atoms with Gasteiger partial charge in [0, 0.05) is 46.5 Å². The lowest BCUT2D eigenvalue weighted by Gasteiger charge is -2.45. The van der Waals surface area contributed by atoms with Crippen LogP contribution in [0.15, 0.2) is 36.4 Å². The number of methoxy groups -OCH3 is 2. The molecule has 0 spiro atoms. The molecule has 9 nitrogen and oxygen atoms in total. The zero-order valence-electron chi connectivity index (χ0n) is 23.5. The maximum atomic E-state index is 14.3. The Hall–Kier alpha value is -2.56. The lowest BCUT2D eigenvalue weighted by molar-refractivity contribution is -0.154. The fourth-order valence-electron chi connectivity index (χ4n) is 5.39. The van der Waals surface area contributed by atoms with Crippen LogP contribution in [0, 0.1) is 5.92 Å². The van der Waals surface area contributed by atoms with Crippen molar-refractivity contribution in [2.75, 3.05) is 47.1 Å². The molecule has 2 atom stereocenters. The van der Waals surface area contributed by atoms with E-state index in [1.807, 2.05) is 12.1 Å². The van der Waals surface area contributed by atoms with Crippen molar-refractivity contribution in [1.29, 1.82) is 0 Å². The third kappa shape index (κ3) is 7.84. The molecule has 2 amide bonds. The molecule has 224 valence electrons. The highest BCUT2D eigenvalue weighted by Crippen LogP contribution is 2.42. The van der Waals surface area contributed by atoms with Gasteiger partial charge in [0.15, 0.2) is 0 Å². The number of halogens is 2. The summed E-state index contributed by atoms with van der Waals surface area (Å²) in [5.41, 5.74) is 0.801. The second-order valence-corrected chi connectivity index (χ2v) is 11.5. The number of nitrogens with zero attached hydrogens (tertiary/aromatic N) is 2. The van der Waals surface area contributed by atoms with Crippen LogP contribution in [0.2, 0.25) is 10.0 Å². The van der Waals surface area contributed by atoms with Crippen molar-refractivity contribution in [2.24, 2.45) is 5.92 Å². The Kier molecular flexibility index (Phi) is 10.8. The predicted octanol–water partition coefficient (Wildman–Crippen LogP) is 4.98. The molecular formula is C30H38Cl2N2O7. The van der Waals surface area contributed by atoms with Gasteiger partial charge >= 0.3 is 6.09 Å². The number of amides is 2. The minimum Gasteiger partial charge on any atom is -0.491 e. The summed E-state index contributed by atoms with van der Waals surface area (Å²) in [6, 6.07) is 10.8. The molecule has 1 aliphatic carbocycles. The molecule has 1 heterocycles. The zero-order chi connectivity index (χ0) is 29.6. The Labute approximate surface area is 250 Å². The zero-order valence-corrected chi connectivity index (χ0v) is 25.0. The first-order valence-electron chi connectivity index (χ1n) is 13.9. The van der Waals surface area contributed by atoms with Crippen molar-refractivity contribution >= 4 is 35.2 Å². The van der Waals surface area contributed by atoms with Crippen LogP contribution in [0.25, 0.3) is 0 Å². The van der Waals surface area contributed by atoms with Crippen molar-refractivity contribution in [2.45, 2.75) is 50.3 Å². The van der Waals surface area contributed by atoms with E-state index in [0.717, 1.165) is 36.8 Å². The SMILES string of the molecule is COCCCc1cc(CN(C(=O)[C@H]2CN(C(=O)O)CC[C@]2(O)c2ccc(Cl)c(Cl)c2)C2CC2)cc(OCCOC)c1. The molecule has 2 aromatic carbocycles. The number of piperidine rings is 1. The highest BCUT2D eigenvalue weighted by molar-refractivity contribution is 6.42. The van der Waals surface area contributed by atoms with Gasteiger partial charge in [-0.25, -0.2) is 4.79 Å². The van der Waals surface area contributed by atoms with E-state index in [4.69, 9.17) is 37.4 Å². The monoisotopic (exact) mass is 608 g/mol. The first-order chi connectivity index (χ1) is 19.7. The van der Waals surface area contributed by atoms with E-state index in [9.17, 15) is 19.8 Å². The molecule has 0 bridgehead atoms. The Balaban J connectivity index is 1.65. The molecule has 1 aliphatic heterocycles. The van der Waals surface area contributed by atoms with Crippen molar-refractivity contribution in [3.63, 3.8) is 0 Å². The number of benzene rings is 2. The van der Waals surface area contributed by atoms with Gasteiger partial charge in [-0.15, -0.1) is 0 Å². The summed E-state index contributed by atoms with van der Waals surface area (Å²) >= 11 is 12.4. The van der Waals surface area contributed by atoms with Crippen LogP contribution in [0.1, 0.15) is 42.4 Å². The largest absolute Gasteiger partial charge is 0.491 e. The quantitative estimate of drug-likeness (QED) is 0.309. The van der Waals surface area contributed by atoms with Gasteiger partial charge in [-0.2, -0.15) is 0 Å². The highest BCUT2D eigenvalue weighted by Gasteiger charge is 2.50. The van der Waals surface area contributed by atoms with E-state index in [0.29, 0.717) is 42.7 Å². The molecule has 0 aromatic heterocycles. The number of carbonyl (C=O) groups is 2. The number of hydrogen-bond acceptors (Lipinski definition) is 6. The van der Waals surface area contributed by atoms with Crippen LogP contribution in [-0.2, 0) is 32.8 Å². The van der Waals surface area contributed by atoms with Crippen LogP contribution in [0.3, 0.4) is 0 Å². The summed E-state index contributed by atoms with van der Waals surface area (Å²) in [5.74, 6) is -0.622. The van der Waals surface area contributed by atoms with E-state index >= 15 is 0 Å². The average Bonchev–Trinajstić information content (AvgIpc) is 3.79. The van der Waals surface area contributed by atoms with Crippen LogP contribution in [-0.4, -0.2) is 85.2 Å². The van der Waals surface area contributed by atoms with Gasteiger partial charge in [0.1, 0.15) is 18.0 Å². The second kappa shape index (κ2) is 14.1.